The van der Waals surface area contributed by atoms with Crippen molar-refractivity contribution in [2.24, 2.45) is 0 Å². The summed E-state index contributed by atoms with van der Waals surface area (Å²) >= 11 is 3.16. The molecule has 5 nitrogen and oxygen atoms in total. The van der Waals surface area contributed by atoms with Crippen LogP contribution in [0, 0.1) is 6.92 Å². The molecule has 3 heterocycles. The van der Waals surface area contributed by atoms with E-state index in [0.717, 1.165) is 4.88 Å². The molecule has 1 N–H and O–H groups in total. The fourth-order valence-electron chi connectivity index (χ4n) is 2.02. The van der Waals surface area contributed by atoms with E-state index in [4.69, 9.17) is 0 Å². The van der Waals surface area contributed by atoms with Gasteiger partial charge in [-0.15, -0.1) is 23.1 Å². The highest BCUT2D eigenvalue weighted by atomic mass is 32.2. The topological polar surface area (TPSA) is 62.3 Å². The fraction of sp³-hybridized carbons (Fsp3) is 0.214. The number of aromatic nitrogens is 1. The number of amides is 2. The molecule has 0 bridgehead atoms. The van der Waals surface area contributed by atoms with Crippen molar-refractivity contribution >= 4 is 34.9 Å². The highest BCUT2D eigenvalue weighted by Gasteiger charge is 2.35. The normalized spacial score (nSPS) is 18.0. The summed E-state index contributed by atoms with van der Waals surface area (Å²) in [4.78, 5) is 30.3. The number of hydrogen-bond donors (Lipinski definition) is 1. The Morgan fingerprint density at radius 2 is 2.10 bits per heavy atom. The second-order valence-corrected chi connectivity index (χ2v) is 6.94. The molecule has 21 heavy (non-hydrogen) atoms. The van der Waals surface area contributed by atoms with Gasteiger partial charge in [0.25, 0.3) is 11.8 Å². The number of nitrogens with zero attached hydrogens (tertiary/aromatic N) is 2. The Morgan fingerprint density at radius 1 is 1.33 bits per heavy atom. The van der Waals surface area contributed by atoms with E-state index in [0.29, 0.717) is 11.3 Å². The molecule has 1 saturated heterocycles. The Hall–Kier alpha value is -1.86. The van der Waals surface area contributed by atoms with Crippen molar-refractivity contribution in [3.63, 3.8) is 0 Å². The van der Waals surface area contributed by atoms with Gasteiger partial charge in [-0.3, -0.25) is 20.0 Å². The van der Waals surface area contributed by atoms with Gasteiger partial charge in [0, 0.05) is 27.7 Å². The van der Waals surface area contributed by atoms with Crippen LogP contribution in [0.25, 0.3) is 0 Å². The maximum absolute atomic E-state index is 12.2. The van der Waals surface area contributed by atoms with Gasteiger partial charge >= 0.3 is 0 Å². The maximum atomic E-state index is 12.2. The molecule has 1 aliphatic rings. The molecular weight excluding hydrogens is 306 g/mol. The SMILES string of the molecule is Cc1ccc([C@H]2SCC(=O)N2NC(=O)c2ccncc2)s1. The number of hydrogen-bond acceptors (Lipinski definition) is 5. The summed E-state index contributed by atoms with van der Waals surface area (Å²) in [7, 11) is 0. The number of thioether (sulfide) groups is 1. The van der Waals surface area contributed by atoms with Crippen LogP contribution >= 0.6 is 23.1 Å². The minimum absolute atomic E-state index is 0.0848. The second kappa shape index (κ2) is 5.87. The lowest BCUT2D eigenvalue weighted by atomic mass is 10.2. The van der Waals surface area contributed by atoms with Gasteiger partial charge in [0.05, 0.1) is 5.75 Å². The molecule has 2 aromatic rings. The Bertz CT molecular complexity index is 672. The van der Waals surface area contributed by atoms with E-state index in [1.807, 2.05) is 19.1 Å². The Balaban J connectivity index is 1.79. The van der Waals surface area contributed by atoms with E-state index >= 15 is 0 Å². The highest BCUT2D eigenvalue weighted by Crippen LogP contribution is 2.40. The molecule has 7 heteroatoms. The third-order valence-electron chi connectivity index (χ3n) is 3.04. The third-order valence-corrected chi connectivity index (χ3v) is 5.43. The van der Waals surface area contributed by atoms with Crippen LogP contribution in [0.3, 0.4) is 0 Å². The number of rotatable bonds is 3. The van der Waals surface area contributed by atoms with Crippen molar-refractivity contribution in [1.82, 2.24) is 15.4 Å². The summed E-state index contributed by atoms with van der Waals surface area (Å²) in [6.45, 7) is 2.02. The average Bonchev–Trinajstić information content (AvgIpc) is 3.07. The summed E-state index contributed by atoms with van der Waals surface area (Å²) < 4.78 is 0. The van der Waals surface area contributed by atoms with Crippen molar-refractivity contribution < 1.29 is 9.59 Å². The van der Waals surface area contributed by atoms with Crippen LogP contribution in [-0.4, -0.2) is 27.6 Å². The number of pyridine rings is 1. The van der Waals surface area contributed by atoms with Crippen LogP contribution in [0.15, 0.2) is 36.7 Å². The van der Waals surface area contributed by atoms with Crippen LogP contribution in [0.2, 0.25) is 0 Å². The predicted octanol–water partition coefficient (Wildman–Crippen LogP) is 2.37. The maximum Gasteiger partial charge on any atom is 0.270 e. The van der Waals surface area contributed by atoms with Crippen LogP contribution < -0.4 is 5.43 Å². The van der Waals surface area contributed by atoms with E-state index in [2.05, 4.69) is 10.4 Å². The summed E-state index contributed by atoms with van der Waals surface area (Å²) in [6, 6.07) is 7.26. The number of nitrogens with one attached hydrogen (secondary N) is 1. The van der Waals surface area contributed by atoms with Crippen LogP contribution in [0.1, 0.15) is 25.5 Å². The Morgan fingerprint density at radius 3 is 2.76 bits per heavy atom. The molecule has 0 aliphatic carbocycles. The summed E-state index contributed by atoms with van der Waals surface area (Å²) in [5.41, 5.74) is 3.19. The van der Waals surface area contributed by atoms with Crippen molar-refractivity contribution in [2.45, 2.75) is 12.3 Å². The molecule has 108 valence electrons. The number of thiophene rings is 1. The zero-order valence-corrected chi connectivity index (χ0v) is 12.9. The number of aryl methyl sites for hydroxylation is 1. The molecule has 1 aliphatic heterocycles. The third kappa shape index (κ3) is 2.93. The van der Waals surface area contributed by atoms with E-state index in [9.17, 15) is 9.59 Å². The summed E-state index contributed by atoms with van der Waals surface area (Å²) in [5, 5.41) is 1.28. The molecule has 1 fully saturated rings. The van der Waals surface area contributed by atoms with E-state index in [-0.39, 0.29) is 17.2 Å². The van der Waals surface area contributed by atoms with Crippen LogP contribution in [0.5, 0.6) is 0 Å². The van der Waals surface area contributed by atoms with Crippen LogP contribution in [-0.2, 0) is 4.79 Å². The molecule has 2 aromatic heterocycles. The zero-order valence-electron chi connectivity index (χ0n) is 11.3. The smallest absolute Gasteiger partial charge is 0.270 e. The molecule has 1 atom stereocenters. The van der Waals surface area contributed by atoms with Gasteiger partial charge in [0.2, 0.25) is 0 Å². The van der Waals surface area contributed by atoms with Crippen LogP contribution in [0.4, 0.5) is 0 Å². The fourth-order valence-corrected chi connectivity index (χ4v) is 4.22. The molecule has 2 amide bonds. The molecule has 0 saturated carbocycles. The number of hydrazine groups is 1. The van der Waals surface area contributed by atoms with Crippen molar-refractivity contribution in [3.05, 3.63) is 52.0 Å². The first-order valence-corrected chi connectivity index (χ1v) is 8.22. The van der Waals surface area contributed by atoms with E-state index < -0.39 is 0 Å². The summed E-state index contributed by atoms with van der Waals surface area (Å²) in [5.74, 6) is -0.0110. The number of carbonyl (C=O) groups excluding carboxylic acids is 2. The first-order chi connectivity index (χ1) is 10.1. The molecule has 0 aromatic carbocycles. The minimum atomic E-state index is -0.300. The van der Waals surface area contributed by atoms with Gasteiger partial charge in [-0.05, 0) is 31.2 Å². The molecule has 0 unspecified atom stereocenters. The molecule has 3 rings (SSSR count). The number of carbonyl (C=O) groups is 2. The van der Waals surface area contributed by atoms with Gasteiger partial charge in [-0.2, -0.15) is 0 Å². The quantitative estimate of drug-likeness (QED) is 0.943. The monoisotopic (exact) mass is 319 g/mol. The Labute approximate surface area is 130 Å². The van der Waals surface area contributed by atoms with Gasteiger partial charge in [0.15, 0.2) is 0 Å². The van der Waals surface area contributed by atoms with Gasteiger partial charge in [-0.25, -0.2) is 5.01 Å². The zero-order chi connectivity index (χ0) is 14.8. The van der Waals surface area contributed by atoms with Gasteiger partial charge < -0.3 is 0 Å². The van der Waals surface area contributed by atoms with Crippen molar-refractivity contribution in [2.75, 3.05) is 5.75 Å². The standard InChI is InChI=1S/C14H13N3O2S2/c1-9-2-3-11(21-9)14-17(12(18)8-20-14)16-13(19)10-4-6-15-7-5-10/h2-7,14H,8H2,1H3,(H,16,19)/t14-/m1/s1. The predicted molar refractivity (Wildman–Crippen MR) is 82.8 cm³/mol. The average molecular weight is 319 g/mol. The molecule has 0 spiro atoms. The highest BCUT2D eigenvalue weighted by molar-refractivity contribution is 8.00. The van der Waals surface area contributed by atoms with E-state index in [1.54, 1.807) is 35.9 Å². The van der Waals surface area contributed by atoms with Gasteiger partial charge in [-0.1, -0.05) is 0 Å². The lowest BCUT2D eigenvalue weighted by molar-refractivity contribution is -0.130. The second-order valence-electron chi connectivity index (χ2n) is 4.55. The summed E-state index contributed by atoms with van der Waals surface area (Å²) in [6.07, 6.45) is 3.10. The Kier molecular flexibility index (Phi) is 3.94. The lowest BCUT2D eigenvalue weighted by Crippen LogP contribution is -2.44. The largest absolute Gasteiger partial charge is 0.272 e. The van der Waals surface area contributed by atoms with Crippen molar-refractivity contribution in [3.8, 4) is 0 Å². The minimum Gasteiger partial charge on any atom is -0.272 e. The van der Waals surface area contributed by atoms with Gasteiger partial charge in [0.1, 0.15) is 5.37 Å². The molecular formula is C14H13N3O2S2. The first kappa shape index (κ1) is 14.1. The molecule has 0 radical (unpaired) electrons. The van der Waals surface area contributed by atoms with Crippen molar-refractivity contribution in [1.29, 1.82) is 0 Å². The first-order valence-electron chi connectivity index (χ1n) is 6.36. The lowest BCUT2D eigenvalue weighted by Gasteiger charge is -2.23. The van der Waals surface area contributed by atoms with E-state index in [1.165, 1.54) is 21.6 Å².